The first-order chi connectivity index (χ1) is 10.8. The van der Waals surface area contributed by atoms with Crippen molar-refractivity contribution in [3.8, 4) is 5.75 Å². The van der Waals surface area contributed by atoms with Crippen molar-refractivity contribution in [1.82, 2.24) is 4.90 Å². The molecule has 1 aliphatic carbocycles. The Morgan fingerprint density at radius 2 is 2.18 bits per heavy atom. The molecule has 1 heterocycles. The van der Waals surface area contributed by atoms with Gasteiger partial charge in [-0.1, -0.05) is 12.1 Å². The number of benzene rings is 1. The Morgan fingerprint density at radius 1 is 1.36 bits per heavy atom. The number of nitrogens with zero attached hydrogens (tertiary/aromatic N) is 1. The smallest absolute Gasteiger partial charge is 0.242 e. The lowest BCUT2D eigenvalue weighted by Crippen LogP contribution is -2.40. The van der Waals surface area contributed by atoms with Gasteiger partial charge in [-0.3, -0.25) is 4.79 Å². The Kier molecular flexibility index (Phi) is 4.83. The summed E-state index contributed by atoms with van der Waals surface area (Å²) in [6.07, 6.45) is 3.33. The lowest BCUT2D eigenvalue weighted by Gasteiger charge is -2.25. The largest absolute Gasteiger partial charge is 0.495 e. The fourth-order valence-corrected chi connectivity index (χ4v) is 2.91. The van der Waals surface area contributed by atoms with E-state index in [0.29, 0.717) is 18.5 Å². The topological polar surface area (TPSA) is 50.8 Å². The Hall–Kier alpha value is -1.75. The van der Waals surface area contributed by atoms with Crippen molar-refractivity contribution >= 4 is 11.6 Å². The van der Waals surface area contributed by atoms with Gasteiger partial charge in [-0.05, 0) is 31.4 Å². The normalized spacial score (nSPS) is 20.7. The summed E-state index contributed by atoms with van der Waals surface area (Å²) in [6.45, 7) is 2.76. The van der Waals surface area contributed by atoms with Gasteiger partial charge in [0.15, 0.2) is 0 Å². The van der Waals surface area contributed by atoms with E-state index in [9.17, 15) is 4.79 Å². The predicted octanol–water partition coefficient (Wildman–Crippen LogP) is 2.13. The summed E-state index contributed by atoms with van der Waals surface area (Å²) in [5.74, 6) is 1.42. The van der Waals surface area contributed by atoms with Crippen LogP contribution in [0.2, 0.25) is 0 Å². The van der Waals surface area contributed by atoms with E-state index in [1.807, 2.05) is 29.2 Å². The van der Waals surface area contributed by atoms with Gasteiger partial charge >= 0.3 is 0 Å². The number of rotatable bonds is 7. The monoisotopic (exact) mass is 304 g/mol. The van der Waals surface area contributed by atoms with Crippen molar-refractivity contribution in [2.45, 2.75) is 25.3 Å². The van der Waals surface area contributed by atoms with Crippen LogP contribution in [-0.2, 0) is 9.53 Å². The maximum atomic E-state index is 12.6. The van der Waals surface area contributed by atoms with Crippen LogP contribution < -0.4 is 10.1 Å². The number of hydrogen-bond acceptors (Lipinski definition) is 4. The van der Waals surface area contributed by atoms with Crippen molar-refractivity contribution in [3.63, 3.8) is 0 Å². The summed E-state index contributed by atoms with van der Waals surface area (Å²) >= 11 is 0. The number of anilines is 1. The Bertz CT molecular complexity index is 510. The van der Waals surface area contributed by atoms with Crippen molar-refractivity contribution in [1.29, 1.82) is 0 Å². The lowest BCUT2D eigenvalue weighted by atomic mass is 10.1. The molecule has 1 N–H and O–H groups in total. The Morgan fingerprint density at radius 3 is 2.86 bits per heavy atom. The molecule has 120 valence electrons. The van der Waals surface area contributed by atoms with Gasteiger partial charge in [-0.2, -0.15) is 0 Å². The number of amides is 1. The van der Waals surface area contributed by atoms with Crippen LogP contribution in [0.1, 0.15) is 19.3 Å². The molecular weight excluding hydrogens is 280 g/mol. The number of ether oxygens (including phenoxy) is 2. The van der Waals surface area contributed by atoms with E-state index < -0.39 is 0 Å². The fraction of sp³-hybridized carbons (Fsp3) is 0.588. The average Bonchev–Trinajstić information content (AvgIpc) is 3.26. The van der Waals surface area contributed by atoms with Gasteiger partial charge in [-0.25, -0.2) is 0 Å². The summed E-state index contributed by atoms with van der Waals surface area (Å²) in [5.41, 5.74) is 0.860. The SMILES string of the molecule is COc1ccccc1NCC(=O)N(CC1CCOC1)C1CC1. The minimum atomic E-state index is 0.167. The molecule has 5 nitrogen and oxygen atoms in total. The van der Waals surface area contributed by atoms with Crippen LogP contribution in [0.25, 0.3) is 0 Å². The predicted molar refractivity (Wildman–Crippen MR) is 85.1 cm³/mol. The summed E-state index contributed by atoms with van der Waals surface area (Å²) in [5, 5.41) is 3.20. The van der Waals surface area contributed by atoms with Crippen molar-refractivity contribution in [2.24, 2.45) is 5.92 Å². The molecule has 1 amide bonds. The number of methoxy groups -OCH3 is 1. The fourth-order valence-electron chi connectivity index (χ4n) is 2.91. The van der Waals surface area contributed by atoms with Crippen LogP contribution in [0.3, 0.4) is 0 Å². The minimum Gasteiger partial charge on any atom is -0.495 e. The second kappa shape index (κ2) is 7.01. The second-order valence-corrected chi connectivity index (χ2v) is 6.06. The van der Waals surface area contributed by atoms with Gasteiger partial charge in [0, 0.05) is 25.1 Å². The number of hydrogen-bond donors (Lipinski definition) is 1. The third-order valence-electron chi connectivity index (χ3n) is 4.32. The highest BCUT2D eigenvalue weighted by molar-refractivity contribution is 5.82. The molecule has 1 unspecified atom stereocenters. The van der Waals surface area contributed by atoms with Crippen LogP contribution in [-0.4, -0.2) is 50.3 Å². The lowest BCUT2D eigenvalue weighted by molar-refractivity contribution is -0.130. The molecule has 3 rings (SSSR count). The zero-order chi connectivity index (χ0) is 15.4. The molecular formula is C17H24N2O3. The Labute approximate surface area is 131 Å². The molecule has 5 heteroatoms. The average molecular weight is 304 g/mol. The second-order valence-electron chi connectivity index (χ2n) is 6.06. The van der Waals surface area contributed by atoms with Crippen molar-refractivity contribution in [3.05, 3.63) is 24.3 Å². The Balaban J connectivity index is 1.56. The molecule has 0 spiro atoms. The summed E-state index contributed by atoms with van der Waals surface area (Å²) in [7, 11) is 1.64. The third kappa shape index (κ3) is 3.71. The van der Waals surface area contributed by atoms with Gasteiger partial charge in [-0.15, -0.1) is 0 Å². The van der Waals surface area contributed by atoms with Crippen LogP contribution in [0.5, 0.6) is 5.75 Å². The first kappa shape index (κ1) is 15.2. The zero-order valence-electron chi connectivity index (χ0n) is 13.1. The van der Waals surface area contributed by atoms with Gasteiger partial charge in [0.2, 0.25) is 5.91 Å². The van der Waals surface area contributed by atoms with E-state index >= 15 is 0 Å². The molecule has 1 saturated carbocycles. The van der Waals surface area contributed by atoms with Gasteiger partial charge in [0.25, 0.3) is 0 Å². The first-order valence-electron chi connectivity index (χ1n) is 8.02. The molecule has 1 aromatic rings. The van der Waals surface area contributed by atoms with Gasteiger partial charge in [0.1, 0.15) is 5.75 Å². The molecule has 1 saturated heterocycles. The van der Waals surface area contributed by atoms with E-state index in [1.54, 1.807) is 7.11 Å². The van der Waals surface area contributed by atoms with Crippen LogP contribution in [0.15, 0.2) is 24.3 Å². The van der Waals surface area contributed by atoms with E-state index in [-0.39, 0.29) is 5.91 Å². The quantitative estimate of drug-likeness (QED) is 0.838. The first-order valence-corrected chi connectivity index (χ1v) is 8.02. The molecule has 2 fully saturated rings. The molecule has 0 radical (unpaired) electrons. The number of nitrogens with one attached hydrogen (secondary N) is 1. The third-order valence-corrected chi connectivity index (χ3v) is 4.32. The zero-order valence-corrected chi connectivity index (χ0v) is 13.1. The van der Waals surface area contributed by atoms with Gasteiger partial charge < -0.3 is 19.7 Å². The molecule has 1 aromatic carbocycles. The number of para-hydroxylation sites is 2. The highest BCUT2D eigenvalue weighted by Gasteiger charge is 2.34. The summed E-state index contributed by atoms with van der Waals surface area (Å²) in [6, 6.07) is 8.11. The highest BCUT2D eigenvalue weighted by Crippen LogP contribution is 2.29. The summed E-state index contributed by atoms with van der Waals surface area (Å²) in [4.78, 5) is 14.6. The maximum Gasteiger partial charge on any atom is 0.242 e. The van der Waals surface area contributed by atoms with E-state index in [2.05, 4.69) is 5.32 Å². The van der Waals surface area contributed by atoms with Crippen LogP contribution in [0, 0.1) is 5.92 Å². The molecule has 1 atom stereocenters. The molecule has 0 bridgehead atoms. The van der Waals surface area contributed by atoms with E-state index in [4.69, 9.17) is 9.47 Å². The standard InChI is InChI=1S/C17H24N2O3/c1-21-16-5-3-2-4-15(16)18-10-17(20)19(14-6-7-14)11-13-8-9-22-12-13/h2-5,13-14,18H,6-12H2,1H3. The number of carbonyl (C=O) groups excluding carboxylic acids is 1. The van der Waals surface area contributed by atoms with Crippen LogP contribution >= 0.6 is 0 Å². The molecule has 2 aliphatic rings. The maximum absolute atomic E-state index is 12.6. The summed E-state index contributed by atoms with van der Waals surface area (Å²) < 4.78 is 10.7. The highest BCUT2D eigenvalue weighted by atomic mass is 16.5. The van der Waals surface area contributed by atoms with E-state index in [1.165, 1.54) is 0 Å². The molecule has 0 aromatic heterocycles. The molecule has 22 heavy (non-hydrogen) atoms. The minimum absolute atomic E-state index is 0.167. The number of carbonyl (C=O) groups is 1. The van der Waals surface area contributed by atoms with Crippen LogP contribution in [0.4, 0.5) is 5.69 Å². The van der Waals surface area contributed by atoms with Gasteiger partial charge in [0.05, 0.1) is 25.9 Å². The van der Waals surface area contributed by atoms with E-state index in [0.717, 1.165) is 50.5 Å². The van der Waals surface area contributed by atoms with Crippen molar-refractivity contribution < 1.29 is 14.3 Å². The van der Waals surface area contributed by atoms with Crippen molar-refractivity contribution in [2.75, 3.05) is 38.7 Å². The molecule has 1 aliphatic heterocycles.